The van der Waals surface area contributed by atoms with E-state index in [0.717, 1.165) is 11.3 Å². The molecule has 0 spiro atoms. The molecule has 0 radical (unpaired) electrons. The minimum absolute atomic E-state index is 0.0494. The van der Waals surface area contributed by atoms with Crippen LogP contribution in [0.4, 0.5) is 11.4 Å². The summed E-state index contributed by atoms with van der Waals surface area (Å²) >= 11 is 6.19. The van der Waals surface area contributed by atoms with Crippen LogP contribution in [-0.4, -0.2) is 47.8 Å². The SMILES string of the molecule is O=C(N[C@@H](CC(=O)N1CCN(c2ccc([N+](=O)[O-])cc2)CC1)c1ccccc1)c1ccccc1Cl. The lowest BCUT2D eigenvalue weighted by Gasteiger charge is -2.36. The first-order chi connectivity index (χ1) is 16.9. The van der Waals surface area contributed by atoms with Gasteiger partial charge in [-0.3, -0.25) is 19.7 Å². The summed E-state index contributed by atoms with van der Waals surface area (Å²) in [6.07, 6.45) is 0.123. The molecule has 0 aliphatic carbocycles. The van der Waals surface area contributed by atoms with E-state index in [1.54, 1.807) is 41.3 Å². The van der Waals surface area contributed by atoms with Crippen molar-refractivity contribution in [2.24, 2.45) is 0 Å². The van der Waals surface area contributed by atoms with Crippen LogP contribution in [0.15, 0.2) is 78.9 Å². The number of rotatable bonds is 7. The fraction of sp³-hybridized carbons (Fsp3) is 0.231. The number of hydrogen-bond acceptors (Lipinski definition) is 5. The summed E-state index contributed by atoms with van der Waals surface area (Å²) in [6.45, 7) is 2.28. The van der Waals surface area contributed by atoms with Gasteiger partial charge in [-0.05, 0) is 29.8 Å². The van der Waals surface area contributed by atoms with E-state index < -0.39 is 11.0 Å². The number of carbonyl (C=O) groups excluding carboxylic acids is 2. The fourth-order valence-corrected chi connectivity index (χ4v) is 4.34. The zero-order valence-corrected chi connectivity index (χ0v) is 19.7. The van der Waals surface area contributed by atoms with Crippen molar-refractivity contribution in [2.75, 3.05) is 31.1 Å². The number of anilines is 1. The fourth-order valence-electron chi connectivity index (χ4n) is 4.12. The van der Waals surface area contributed by atoms with E-state index >= 15 is 0 Å². The molecule has 1 heterocycles. The number of nitro groups is 1. The van der Waals surface area contributed by atoms with Crippen molar-refractivity contribution in [3.05, 3.63) is 105 Å². The molecular formula is C26H25ClN4O4. The molecule has 1 aliphatic rings. The van der Waals surface area contributed by atoms with Crippen LogP contribution in [0.5, 0.6) is 0 Å². The molecule has 1 atom stereocenters. The summed E-state index contributed by atoms with van der Waals surface area (Å²) in [4.78, 5) is 40.4. The second-order valence-corrected chi connectivity index (χ2v) is 8.67. The molecule has 2 amide bonds. The highest BCUT2D eigenvalue weighted by atomic mass is 35.5. The molecule has 4 rings (SSSR count). The molecule has 1 saturated heterocycles. The Balaban J connectivity index is 1.40. The molecule has 3 aromatic rings. The Morgan fingerprint density at radius 1 is 0.914 bits per heavy atom. The van der Waals surface area contributed by atoms with Crippen LogP contribution in [0.3, 0.4) is 0 Å². The van der Waals surface area contributed by atoms with E-state index in [1.807, 2.05) is 30.3 Å². The van der Waals surface area contributed by atoms with E-state index in [2.05, 4.69) is 10.2 Å². The van der Waals surface area contributed by atoms with Gasteiger partial charge < -0.3 is 15.1 Å². The number of carbonyl (C=O) groups is 2. The van der Waals surface area contributed by atoms with Crippen molar-refractivity contribution in [3.8, 4) is 0 Å². The van der Waals surface area contributed by atoms with Crippen molar-refractivity contribution >= 4 is 34.8 Å². The number of benzene rings is 3. The first-order valence-electron chi connectivity index (χ1n) is 11.3. The van der Waals surface area contributed by atoms with Gasteiger partial charge in [0.05, 0.1) is 28.0 Å². The van der Waals surface area contributed by atoms with Crippen molar-refractivity contribution in [1.29, 1.82) is 0 Å². The van der Waals surface area contributed by atoms with Crippen LogP contribution < -0.4 is 10.2 Å². The molecule has 35 heavy (non-hydrogen) atoms. The summed E-state index contributed by atoms with van der Waals surface area (Å²) in [6, 6.07) is 22.1. The molecule has 0 saturated carbocycles. The molecule has 9 heteroatoms. The number of non-ortho nitro benzene ring substituents is 1. The predicted molar refractivity (Wildman–Crippen MR) is 135 cm³/mol. The number of hydrogen-bond donors (Lipinski definition) is 1. The van der Waals surface area contributed by atoms with Crippen LogP contribution in [-0.2, 0) is 4.79 Å². The van der Waals surface area contributed by atoms with Gasteiger partial charge in [0.1, 0.15) is 0 Å². The van der Waals surface area contributed by atoms with Crippen LogP contribution in [0.2, 0.25) is 5.02 Å². The number of amides is 2. The van der Waals surface area contributed by atoms with Gasteiger partial charge in [0.2, 0.25) is 5.91 Å². The van der Waals surface area contributed by atoms with Crippen LogP contribution in [0.25, 0.3) is 0 Å². The lowest BCUT2D eigenvalue weighted by molar-refractivity contribution is -0.384. The first kappa shape index (κ1) is 24.2. The van der Waals surface area contributed by atoms with Crippen LogP contribution in [0, 0.1) is 10.1 Å². The standard InChI is InChI=1S/C26H25ClN4O4/c27-23-9-5-4-8-22(23)26(33)28-24(19-6-2-1-3-7-19)18-25(32)30-16-14-29(15-17-30)20-10-12-21(13-11-20)31(34)35/h1-13,24H,14-18H2,(H,28,33)/t24-/m0/s1. The third kappa shape index (κ3) is 5.96. The first-order valence-corrected chi connectivity index (χ1v) is 11.7. The summed E-state index contributed by atoms with van der Waals surface area (Å²) in [5.41, 5.74) is 2.13. The second kappa shape index (κ2) is 11.0. The van der Waals surface area contributed by atoms with Gasteiger partial charge >= 0.3 is 0 Å². The lowest BCUT2D eigenvalue weighted by Crippen LogP contribution is -2.49. The highest BCUT2D eigenvalue weighted by molar-refractivity contribution is 6.33. The molecule has 3 aromatic carbocycles. The maximum atomic E-state index is 13.2. The number of nitrogens with zero attached hydrogens (tertiary/aromatic N) is 3. The molecule has 1 N–H and O–H groups in total. The number of nitrogens with one attached hydrogen (secondary N) is 1. The molecule has 0 aromatic heterocycles. The van der Waals surface area contributed by atoms with E-state index in [1.165, 1.54) is 12.1 Å². The normalized spacial score (nSPS) is 14.3. The third-order valence-electron chi connectivity index (χ3n) is 6.06. The van der Waals surface area contributed by atoms with Crippen molar-refractivity contribution in [1.82, 2.24) is 10.2 Å². The quantitative estimate of drug-likeness (QED) is 0.388. The van der Waals surface area contributed by atoms with Crippen molar-refractivity contribution in [3.63, 3.8) is 0 Å². The minimum atomic E-state index is -0.500. The predicted octanol–water partition coefficient (Wildman–Crippen LogP) is 4.46. The molecule has 1 fully saturated rings. The Morgan fingerprint density at radius 3 is 2.17 bits per heavy atom. The van der Waals surface area contributed by atoms with E-state index in [9.17, 15) is 19.7 Å². The monoisotopic (exact) mass is 492 g/mol. The minimum Gasteiger partial charge on any atom is -0.368 e. The Bertz CT molecular complexity index is 1200. The highest BCUT2D eigenvalue weighted by Crippen LogP contribution is 2.23. The van der Waals surface area contributed by atoms with E-state index in [-0.39, 0.29) is 23.9 Å². The van der Waals surface area contributed by atoms with Crippen LogP contribution in [0.1, 0.15) is 28.4 Å². The molecule has 0 unspecified atom stereocenters. The van der Waals surface area contributed by atoms with Gasteiger partial charge in [-0.1, -0.05) is 54.1 Å². The zero-order valence-electron chi connectivity index (χ0n) is 19.0. The number of nitro benzene ring substituents is 1. The second-order valence-electron chi connectivity index (χ2n) is 8.26. The Kier molecular flexibility index (Phi) is 7.62. The Labute approximate surface area is 208 Å². The summed E-state index contributed by atoms with van der Waals surface area (Å²) in [7, 11) is 0. The Hall–Kier alpha value is -3.91. The van der Waals surface area contributed by atoms with Crippen LogP contribution >= 0.6 is 11.6 Å². The molecule has 1 aliphatic heterocycles. The Morgan fingerprint density at radius 2 is 1.54 bits per heavy atom. The summed E-state index contributed by atoms with van der Waals surface area (Å²) in [5.74, 6) is -0.387. The average Bonchev–Trinajstić information content (AvgIpc) is 2.89. The van der Waals surface area contributed by atoms with Gasteiger partial charge in [0, 0.05) is 44.0 Å². The number of halogens is 1. The van der Waals surface area contributed by atoms with Gasteiger partial charge in [-0.15, -0.1) is 0 Å². The molecule has 0 bridgehead atoms. The molecular weight excluding hydrogens is 468 g/mol. The summed E-state index contributed by atoms with van der Waals surface area (Å²) in [5, 5.41) is 14.2. The maximum Gasteiger partial charge on any atom is 0.269 e. The molecule has 180 valence electrons. The van der Waals surface area contributed by atoms with E-state index in [4.69, 9.17) is 11.6 Å². The smallest absolute Gasteiger partial charge is 0.269 e. The number of piperazine rings is 1. The lowest BCUT2D eigenvalue weighted by atomic mass is 10.0. The zero-order chi connectivity index (χ0) is 24.8. The van der Waals surface area contributed by atoms with Gasteiger partial charge in [-0.2, -0.15) is 0 Å². The van der Waals surface area contributed by atoms with Gasteiger partial charge in [-0.25, -0.2) is 0 Å². The highest BCUT2D eigenvalue weighted by Gasteiger charge is 2.26. The van der Waals surface area contributed by atoms with Crippen molar-refractivity contribution < 1.29 is 14.5 Å². The largest absolute Gasteiger partial charge is 0.368 e. The third-order valence-corrected chi connectivity index (χ3v) is 6.39. The average molecular weight is 493 g/mol. The van der Waals surface area contributed by atoms with Gasteiger partial charge in [0.25, 0.3) is 11.6 Å². The maximum absolute atomic E-state index is 13.2. The van der Waals surface area contributed by atoms with Crippen molar-refractivity contribution in [2.45, 2.75) is 12.5 Å². The van der Waals surface area contributed by atoms with E-state index in [0.29, 0.717) is 36.8 Å². The summed E-state index contributed by atoms with van der Waals surface area (Å²) < 4.78 is 0. The van der Waals surface area contributed by atoms with Gasteiger partial charge in [0.15, 0.2) is 0 Å². The topological polar surface area (TPSA) is 95.8 Å². The molecule has 8 nitrogen and oxygen atoms in total.